The Kier molecular flexibility index (Phi) is 6.72. The van der Waals surface area contributed by atoms with Gasteiger partial charge in [-0.1, -0.05) is 12.5 Å². The Labute approximate surface area is 66.8 Å². The number of halogens is 1. The molecule has 0 aromatic heterocycles. The minimum Gasteiger partial charge on any atom is -0.344 e. The number of allylic oxidation sites excluding steroid dienone is 2. The van der Waals surface area contributed by atoms with Crippen LogP contribution >= 0.6 is 11.6 Å². The Morgan fingerprint density at radius 1 is 1.40 bits per heavy atom. The highest BCUT2D eigenvalue weighted by atomic mass is 35.5. The zero-order valence-electron chi connectivity index (χ0n) is 6.70. The molecule has 0 radical (unpaired) electrons. The Hall–Kier alpha value is -0.340. The summed E-state index contributed by atoms with van der Waals surface area (Å²) in [5.74, 6) is 0. The summed E-state index contributed by atoms with van der Waals surface area (Å²) in [6, 6.07) is 0. The first-order chi connectivity index (χ1) is 4.09. The summed E-state index contributed by atoms with van der Waals surface area (Å²) in [5, 5.41) is -0.339. The van der Waals surface area contributed by atoms with E-state index in [9.17, 15) is 4.79 Å². The van der Waals surface area contributed by atoms with Crippen LogP contribution < -0.4 is 6.15 Å². The third-order valence-electron chi connectivity index (χ3n) is 1.47. The summed E-state index contributed by atoms with van der Waals surface area (Å²) < 4.78 is 0. The van der Waals surface area contributed by atoms with Gasteiger partial charge in [0.25, 0.3) is 0 Å². The summed E-state index contributed by atoms with van der Waals surface area (Å²) in [4.78, 5) is 10.5. The van der Waals surface area contributed by atoms with Gasteiger partial charge in [-0.05, 0) is 31.9 Å². The van der Waals surface area contributed by atoms with Gasteiger partial charge in [-0.2, -0.15) is 0 Å². The second-order valence-electron chi connectivity index (χ2n) is 2.03. The Morgan fingerprint density at radius 3 is 1.90 bits per heavy atom. The van der Waals surface area contributed by atoms with Gasteiger partial charge in [-0.25, -0.2) is 0 Å². The first-order valence-corrected chi connectivity index (χ1v) is 3.33. The number of hydrogen-bond donors (Lipinski definition) is 1. The quantitative estimate of drug-likeness (QED) is 0.503. The number of rotatable bonds is 2. The fraction of sp³-hybridized carbons (Fsp3) is 0.571. The third kappa shape index (κ3) is 3.64. The summed E-state index contributed by atoms with van der Waals surface area (Å²) in [6.07, 6.45) is 0.893. The second-order valence-corrected chi connectivity index (χ2v) is 2.38. The highest BCUT2D eigenvalue weighted by Crippen LogP contribution is 2.09. The average Bonchev–Trinajstić information content (AvgIpc) is 1.84. The van der Waals surface area contributed by atoms with E-state index < -0.39 is 0 Å². The molecule has 0 saturated heterocycles. The van der Waals surface area contributed by atoms with E-state index in [2.05, 4.69) is 0 Å². The molecule has 0 heterocycles. The van der Waals surface area contributed by atoms with Crippen molar-refractivity contribution in [1.29, 1.82) is 0 Å². The highest BCUT2D eigenvalue weighted by Gasteiger charge is 2.00. The van der Waals surface area contributed by atoms with E-state index in [0.29, 0.717) is 5.57 Å². The van der Waals surface area contributed by atoms with E-state index in [-0.39, 0.29) is 11.4 Å². The van der Waals surface area contributed by atoms with Crippen LogP contribution in [0, 0.1) is 0 Å². The molecule has 3 heteroatoms. The summed E-state index contributed by atoms with van der Waals surface area (Å²) >= 11 is 5.21. The number of carbonyl (C=O) groups excluding carboxylic acids is 1. The molecule has 0 aliphatic carbocycles. The van der Waals surface area contributed by atoms with Crippen LogP contribution in [0.3, 0.4) is 0 Å². The lowest BCUT2D eigenvalue weighted by atomic mass is 10.1. The summed E-state index contributed by atoms with van der Waals surface area (Å²) in [6.45, 7) is 5.66. The van der Waals surface area contributed by atoms with Crippen LogP contribution in [-0.2, 0) is 4.79 Å². The van der Waals surface area contributed by atoms with Crippen molar-refractivity contribution in [3.63, 3.8) is 0 Å². The van der Waals surface area contributed by atoms with Gasteiger partial charge in [0.2, 0.25) is 5.24 Å². The standard InChI is InChI=1S/C7H11ClO.H3N/c1-4-5(2)6(3)7(8)9;/h4H2,1-3H3;1H3. The van der Waals surface area contributed by atoms with E-state index in [0.717, 1.165) is 12.0 Å². The van der Waals surface area contributed by atoms with Crippen molar-refractivity contribution in [3.05, 3.63) is 11.1 Å². The molecular weight excluding hydrogens is 150 g/mol. The van der Waals surface area contributed by atoms with Crippen molar-refractivity contribution >= 4 is 16.8 Å². The van der Waals surface area contributed by atoms with E-state index in [1.54, 1.807) is 6.92 Å². The van der Waals surface area contributed by atoms with Crippen LogP contribution in [-0.4, -0.2) is 5.24 Å². The first kappa shape index (κ1) is 12.3. The van der Waals surface area contributed by atoms with E-state index in [1.165, 1.54) is 0 Å². The SMILES string of the molecule is CCC(C)=C(C)C(=O)Cl.N. The molecule has 3 N–H and O–H groups in total. The van der Waals surface area contributed by atoms with Gasteiger partial charge in [0, 0.05) is 5.57 Å². The van der Waals surface area contributed by atoms with E-state index >= 15 is 0 Å². The molecule has 0 aromatic rings. The van der Waals surface area contributed by atoms with Gasteiger partial charge in [0.05, 0.1) is 0 Å². The van der Waals surface area contributed by atoms with Crippen molar-refractivity contribution in [2.24, 2.45) is 0 Å². The second kappa shape index (κ2) is 5.45. The fourth-order valence-corrected chi connectivity index (χ4v) is 0.594. The third-order valence-corrected chi connectivity index (χ3v) is 1.75. The topological polar surface area (TPSA) is 52.1 Å². The number of hydrogen-bond acceptors (Lipinski definition) is 2. The van der Waals surface area contributed by atoms with Gasteiger partial charge in [-0.3, -0.25) is 4.79 Å². The molecule has 0 aromatic carbocycles. The lowest BCUT2D eigenvalue weighted by Crippen LogP contribution is -1.91. The van der Waals surface area contributed by atoms with Crippen molar-refractivity contribution in [3.8, 4) is 0 Å². The zero-order valence-corrected chi connectivity index (χ0v) is 7.46. The predicted molar refractivity (Wildman–Crippen MR) is 44.5 cm³/mol. The Balaban J connectivity index is 0. The summed E-state index contributed by atoms with van der Waals surface area (Å²) in [5.41, 5.74) is 1.74. The van der Waals surface area contributed by atoms with Gasteiger partial charge >= 0.3 is 0 Å². The molecule has 60 valence electrons. The van der Waals surface area contributed by atoms with E-state index in [1.807, 2.05) is 13.8 Å². The zero-order chi connectivity index (χ0) is 7.44. The lowest BCUT2D eigenvalue weighted by Gasteiger charge is -1.97. The smallest absolute Gasteiger partial charge is 0.248 e. The van der Waals surface area contributed by atoms with Gasteiger partial charge < -0.3 is 6.15 Å². The van der Waals surface area contributed by atoms with Crippen molar-refractivity contribution in [2.75, 3.05) is 0 Å². The molecule has 0 atom stereocenters. The molecule has 0 bridgehead atoms. The molecule has 0 aliphatic heterocycles. The fourth-order valence-electron chi connectivity index (χ4n) is 0.433. The molecule has 0 amide bonds. The maximum absolute atomic E-state index is 10.5. The van der Waals surface area contributed by atoms with Crippen molar-refractivity contribution in [1.82, 2.24) is 6.15 Å². The Bertz CT molecular complexity index is 152. The van der Waals surface area contributed by atoms with Gasteiger partial charge in [0.1, 0.15) is 0 Å². The molecule has 0 saturated carbocycles. The minimum absolute atomic E-state index is 0. The lowest BCUT2D eigenvalue weighted by molar-refractivity contribution is -0.108. The Morgan fingerprint density at radius 2 is 1.80 bits per heavy atom. The molecule has 2 nitrogen and oxygen atoms in total. The van der Waals surface area contributed by atoms with Crippen LogP contribution in [0.25, 0.3) is 0 Å². The normalized spacial score (nSPS) is 11.6. The molecule has 0 rings (SSSR count). The van der Waals surface area contributed by atoms with Gasteiger partial charge in [0.15, 0.2) is 0 Å². The monoisotopic (exact) mass is 163 g/mol. The van der Waals surface area contributed by atoms with Crippen LogP contribution in [0.15, 0.2) is 11.1 Å². The minimum atomic E-state index is -0.339. The molecule has 0 spiro atoms. The highest BCUT2D eigenvalue weighted by molar-refractivity contribution is 6.67. The predicted octanol–water partition coefficient (Wildman–Crippen LogP) is 2.66. The molecule has 10 heavy (non-hydrogen) atoms. The van der Waals surface area contributed by atoms with Crippen LogP contribution in [0.1, 0.15) is 27.2 Å². The first-order valence-electron chi connectivity index (χ1n) is 2.95. The van der Waals surface area contributed by atoms with Crippen molar-refractivity contribution in [2.45, 2.75) is 27.2 Å². The van der Waals surface area contributed by atoms with Gasteiger partial charge in [-0.15, -0.1) is 0 Å². The van der Waals surface area contributed by atoms with Crippen LogP contribution in [0.5, 0.6) is 0 Å². The van der Waals surface area contributed by atoms with Crippen LogP contribution in [0.4, 0.5) is 0 Å². The van der Waals surface area contributed by atoms with Crippen molar-refractivity contribution < 1.29 is 4.79 Å². The summed E-state index contributed by atoms with van der Waals surface area (Å²) in [7, 11) is 0. The maximum Gasteiger partial charge on any atom is 0.248 e. The van der Waals surface area contributed by atoms with E-state index in [4.69, 9.17) is 11.6 Å². The molecule has 0 fully saturated rings. The maximum atomic E-state index is 10.5. The number of carbonyl (C=O) groups is 1. The average molecular weight is 164 g/mol. The largest absolute Gasteiger partial charge is 0.344 e. The molecular formula is C7H14ClNO. The van der Waals surface area contributed by atoms with Crippen LogP contribution in [0.2, 0.25) is 0 Å². The molecule has 0 aliphatic rings. The molecule has 0 unspecified atom stereocenters.